The second-order valence-corrected chi connectivity index (χ2v) is 10.6. The lowest BCUT2D eigenvalue weighted by atomic mass is 10.1. The van der Waals surface area contributed by atoms with E-state index >= 15 is 0 Å². The fourth-order valence-electron chi connectivity index (χ4n) is 2.85. The van der Waals surface area contributed by atoms with Crippen LogP contribution in [-0.2, 0) is 14.6 Å². The Morgan fingerprint density at radius 1 is 1.26 bits per heavy atom. The average molecular weight is 437 g/mol. The van der Waals surface area contributed by atoms with Crippen LogP contribution in [0.15, 0.2) is 23.1 Å². The van der Waals surface area contributed by atoms with Crippen molar-refractivity contribution in [2.24, 2.45) is 0 Å². The van der Waals surface area contributed by atoms with Crippen LogP contribution < -0.4 is 5.32 Å². The largest absolute Gasteiger partial charge is 0.444 e. The van der Waals surface area contributed by atoms with E-state index in [4.69, 9.17) is 27.9 Å². The van der Waals surface area contributed by atoms with Gasteiger partial charge in [0.05, 0.1) is 15.7 Å². The van der Waals surface area contributed by atoms with Crippen LogP contribution in [0.3, 0.4) is 0 Å². The van der Waals surface area contributed by atoms with Gasteiger partial charge in [0.25, 0.3) is 0 Å². The van der Waals surface area contributed by atoms with Gasteiger partial charge in [-0.2, -0.15) is 0 Å². The van der Waals surface area contributed by atoms with E-state index in [-0.39, 0.29) is 21.7 Å². The van der Waals surface area contributed by atoms with E-state index in [1.807, 2.05) is 20.8 Å². The number of rotatable bonds is 5. The second kappa shape index (κ2) is 8.99. The first kappa shape index (κ1) is 22.3. The highest BCUT2D eigenvalue weighted by atomic mass is 35.5. The van der Waals surface area contributed by atoms with Crippen LogP contribution in [0.2, 0.25) is 10.0 Å². The van der Waals surface area contributed by atoms with E-state index in [0.29, 0.717) is 24.7 Å². The highest BCUT2D eigenvalue weighted by molar-refractivity contribution is 7.91. The number of alkyl carbamates (subject to hydrolysis) is 1. The summed E-state index contributed by atoms with van der Waals surface area (Å²) in [6.45, 7) is 7.29. The molecule has 0 saturated carbocycles. The summed E-state index contributed by atoms with van der Waals surface area (Å²) in [5.74, 6) is -0.0305. The molecule has 9 heteroatoms. The third-order valence-corrected chi connectivity index (χ3v) is 6.62. The van der Waals surface area contributed by atoms with Crippen LogP contribution >= 0.6 is 23.2 Å². The number of carbonyl (C=O) groups excluding carboxylic acids is 1. The summed E-state index contributed by atoms with van der Waals surface area (Å²) in [6.07, 6.45) is 1.08. The first-order valence-electron chi connectivity index (χ1n) is 8.86. The maximum absolute atomic E-state index is 12.5. The normalized spacial score (nSPS) is 16.9. The Balaban J connectivity index is 1.82. The molecule has 2 rings (SSSR count). The molecule has 0 atom stereocenters. The van der Waals surface area contributed by atoms with Gasteiger partial charge in [-0.3, -0.25) is 0 Å². The van der Waals surface area contributed by atoms with Crippen molar-refractivity contribution >= 4 is 39.1 Å². The van der Waals surface area contributed by atoms with Crippen LogP contribution in [0, 0.1) is 0 Å². The summed E-state index contributed by atoms with van der Waals surface area (Å²) in [5.41, 5.74) is -0.527. The lowest BCUT2D eigenvalue weighted by molar-refractivity contribution is 0.0480. The molecule has 0 spiro atoms. The van der Waals surface area contributed by atoms with Gasteiger partial charge in [0.2, 0.25) is 0 Å². The number of piperidine rings is 1. The number of ether oxygens (including phenoxy) is 1. The van der Waals surface area contributed by atoms with Gasteiger partial charge in [0.15, 0.2) is 9.84 Å². The number of nitrogens with zero attached hydrogens (tertiary/aromatic N) is 1. The molecule has 6 nitrogen and oxygen atoms in total. The Morgan fingerprint density at radius 2 is 1.89 bits per heavy atom. The van der Waals surface area contributed by atoms with Gasteiger partial charge in [-0.05, 0) is 51.8 Å². The number of likely N-dealkylation sites (tertiary alicyclic amines) is 1. The zero-order chi connectivity index (χ0) is 20.2. The van der Waals surface area contributed by atoms with Crippen molar-refractivity contribution in [1.29, 1.82) is 0 Å². The summed E-state index contributed by atoms with van der Waals surface area (Å²) in [7, 11) is -3.51. The number of sulfone groups is 1. The maximum atomic E-state index is 12.5. The van der Waals surface area contributed by atoms with E-state index < -0.39 is 21.5 Å². The van der Waals surface area contributed by atoms with E-state index in [2.05, 4.69) is 10.2 Å². The van der Waals surface area contributed by atoms with Gasteiger partial charge in [-0.15, -0.1) is 0 Å². The minimum Gasteiger partial charge on any atom is -0.444 e. The van der Waals surface area contributed by atoms with E-state index in [1.54, 1.807) is 6.07 Å². The maximum Gasteiger partial charge on any atom is 0.407 e. The van der Waals surface area contributed by atoms with Crippen molar-refractivity contribution in [3.05, 3.63) is 28.2 Å². The molecule has 0 aromatic heterocycles. The Morgan fingerprint density at radius 3 is 2.48 bits per heavy atom. The first-order valence-corrected chi connectivity index (χ1v) is 11.3. The third-order valence-electron chi connectivity index (χ3n) is 4.21. The molecule has 0 aliphatic carbocycles. The summed E-state index contributed by atoms with van der Waals surface area (Å²) >= 11 is 11.9. The molecule has 1 amide bonds. The van der Waals surface area contributed by atoms with Crippen molar-refractivity contribution in [2.75, 3.05) is 25.4 Å². The lowest BCUT2D eigenvalue weighted by Crippen LogP contribution is -2.46. The summed E-state index contributed by atoms with van der Waals surface area (Å²) < 4.78 is 30.4. The van der Waals surface area contributed by atoms with Gasteiger partial charge in [-0.25, -0.2) is 13.2 Å². The van der Waals surface area contributed by atoms with Crippen LogP contribution in [0.5, 0.6) is 0 Å². The Bertz CT molecular complexity index is 770. The van der Waals surface area contributed by atoms with Crippen molar-refractivity contribution in [2.45, 2.75) is 50.2 Å². The van der Waals surface area contributed by atoms with E-state index in [9.17, 15) is 13.2 Å². The van der Waals surface area contributed by atoms with Crippen molar-refractivity contribution in [3.63, 3.8) is 0 Å². The van der Waals surface area contributed by atoms with E-state index in [1.165, 1.54) is 12.1 Å². The fraction of sp³-hybridized carbons (Fsp3) is 0.611. The van der Waals surface area contributed by atoms with Gasteiger partial charge in [0.1, 0.15) is 5.60 Å². The van der Waals surface area contributed by atoms with Crippen molar-refractivity contribution in [1.82, 2.24) is 10.2 Å². The SMILES string of the molecule is CC(C)(C)OC(=O)NC1CCN(CCS(=O)(=O)c2cc(Cl)ccc2Cl)CC1. The average Bonchev–Trinajstić information content (AvgIpc) is 2.54. The first-order chi connectivity index (χ1) is 12.5. The summed E-state index contributed by atoms with van der Waals surface area (Å²) in [6, 6.07) is 4.47. The predicted octanol–water partition coefficient (Wildman–Crippen LogP) is 3.76. The molecule has 1 aromatic rings. The molecule has 152 valence electrons. The Labute approximate surface area is 171 Å². The molecule has 1 N–H and O–H groups in total. The minimum atomic E-state index is -3.51. The fourth-order valence-corrected chi connectivity index (χ4v) is 4.95. The van der Waals surface area contributed by atoms with Gasteiger partial charge < -0.3 is 15.0 Å². The second-order valence-electron chi connectivity index (χ2n) is 7.66. The minimum absolute atomic E-state index is 0.0305. The van der Waals surface area contributed by atoms with Crippen molar-refractivity contribution < 1.29 is 17.9 Å². The third kappa shape index (κ3) is 7.14. The summed E-state index contributed by atoms with van der Waals surface area (Å²) in [5, 5.41) is 3.39. The number of hydrogen-bond acceptors (Lipinski definition) is 5. The lowest BCUT2D eigenvalue weighted by Gasteiger charge is -2.32. The number of amides is 1. The van der Waals surface area contributed by atoms with Crippen LogP contribution in [0.1, 0.15) is 33.6 Å². The number of halogens is 2. The molecule has 1 aromatic carbocycles. The van der Waals surface area contributed by atoms with Crippen LogP contribution in [-0.4, -0.2) is 56.4 Å². The standard InChI is InChI=1S/C18H26Cl2N2O4S/c1-18(2,3)26-17(23)21-14-6-8-22(9-7-14)10-11-27(24,25)16-12-13(19)4-5-15(16)20/h4-5,12,14H,6-11H2,1-3H3,(H,21,23). The molecule has 0 bridgehead atoms. The molecular weight excluding hydrogens is 411 g/mol. The van der Waals surface area contributed by atoms with E-state index in [0.717, 1.165) is 12.8 Å². The number of nitrogens with one attached hydrogen (secondary N) is 1. The molecular formula is C18H26Cl2N2O4S. The highest BCUT2D eigenvalue weighted by Gasteiger charge is 2.25. The molecule has 1 aliphatic heterocycles. The van der Waals surface area contributed by atoms with Crippen molar-refractivity contribution in [3.8, 4) is 0 Å². The predicted molar refractivity (Wildman–Crippen MR) is 107 cm³/mol. The Kier molecular flexibility index (Phi) is 7.41. The molecule has 0 unspecified atom stereocenters. The number of carbonyl (C=O) groups is 1. The smallest absolute Gasteiger partial charge is 0.407 e. The molecule has 27 heavy (non-hydrogen) atoms. The van der Waals surface area contributed by atoms with Crippen LogP contribution in [0.4, 0.5) is 4.79 Å². The highest BCUT2D eigenvalue weighted by Crippen LogP contribution is 2.26. The monoisotopic (exact) mass is 436 g/mol. The topological polar surface area (TPSA) is 75.7 Å². The zero-order valence-corrected chi connectivity index (χ0v) is 18.1. The number of benzene rings is 1. The molecule has 1 aliphatic rings. The molecule has 0 radical (unpaired) electrons. The molecule has 1 heterocycles. The quantitative estimate of drug-likeness (QED) is 0.759. The van der Waals surface area contributed by atoms with Gasteiger partial charge in [-0.1, -0.05) is 23.2 Å². The zero-order valence-electron chi connectivity index (χ0n) is 15.8. The molecule has 1 saturated heterocycles. The van der Waals surface area contributed by atoms with Crippen LogP contribution in [0.25, 0.3) is 0 Å². The molecule has 1 fully saturated rings. The summed E-state index contributed by atoms with van der Waals surface area (Å²) in [4.78, 5) is 14.0. The van der Waals surface area contributed by atoms with Gasteiger partial charge >= 0.3 is 6.09 Å². The Hall–Kier alpha value is -1.02. The number of hydrogen-bond donors (Lipinski definition) is 1. The van der Waals surface area contributed by atoms with Gasteiger partial charge in [0, 0.05) is 30.7 Å².